The van der Waals surface area contributed by atoms with Crippen LogP contribution in [0.5, 0.6) is 0 Å². The number of benzene rings is 2. The topological polar surface area (TPSA) is 97.6 Å². The molecular weight excluding hydrogens is 468 g/mol. The van der Waals surface area contributed by atoms with Gasteiger partial charge in [0.1, 0.15) is 0 Å². The van der Waals surface area contributed by atoms with Crippen LogP contribution in [0, 0.1) is 5.92 Å². The standard InChI is InChI=1S/C26H29ClN4O4/c1-2-3-15-34-26(33)19-7-9-22(10-8-19)28-25(32)18-11-13-31(14-12-18)17-23-29-24(30-35-23)20-5-4-6-21(27)16-20/h4-10,16,18H,2-3,11-15,17H2,1H3,(H,28,32). The van der Waals surface area contributed by atoms with Gasteiger partial charge in [-0.3, -0.25) is 9.69 Å². The summed E-state index contributed by atoms with van der Waals surface area (Å²) < 4.78 is 10.6. The number of likely N-dealkylation sites (tertiary alicyclic amines) is 1. The van der Waals surface area contributed by atoms with Crippen LogP contribution in [0.2, 0.25) is 5.02 Å². The van der Waals surface area contributed by atoms with E-state index in [1.165, 1.54) is 0 Å². The molecule has 0 spiro atoms. The van der Waals surface area contributed by atoms with Gasteiger partial charge in [-0.05, 0) is 68.8 Å². The average Bonchev–Trinajstić information content (AvgIpc) is 3.33. The van der Waals surface area contributed by atoms with E-state index in [4.69, 9.17) is 20.9 Å². The minimum absolute atomic E-state index is 0.0102. The molecule has 0 aliphatic carbocycles. The smallest absolute Gasteiger partial charge is 0.338 e. The quantitative estimate of drug-likeness (QED) is 0.321. The lowest BCUT2D eigenvalue weighted by Crippen LogP contribution is -2.37. The summed E-state index contributed by atoms with van der Waals surface area (Å²) in [5.41, 5.74) is 1.96. The summed E-state index contributed by atoms with van der Waals surface area (Å²) in [7, 11) is 0. The highest BCUT2D eigenvalue weighted by Crippen LogP contribution is 2.23. The second-order valence-electron chi connectivity index (χ2n) is 8.63. The summed E-state index contributed by atoms with van der Waals surface area (Å²) in [5.74, 6) is 0.622. The van der Waals surface area contributed by atoms with E-state index in [1.807, 2.05) is 19.1 Å². The van der Waals surface area contributed by atoms with Crippen LogP contribution in [0.15, 0.2) is 53.1 Å². The average molecular weight is 497 g/mol. The molecule has 0 bridgehead atoms. The number of esters is 1. The van der Waals surface area contributed by atoms with Gasteiger partial charge in [-0.25, -0.2) is 4.79 Å². The van der Waals surface area contributed by atoms with Crippen LogP contribution in [0.1, 0.15) is 48.9 Å². The van der Waals surface area contributed by atoms with Crippen LogP contribution >= 0.6 is 11.6 Å². The number of carbonyl (C=O) groups excluding carboxylic acids is 2. The molecular formula is C26H29ClN4O4. The molecule has 0 saturated carbocycles. The Balaban J connectivity index is 1.23. The van der Waals surface area contributed by atoms with E-state index in [9.17, 15) is 9.59 Å². The first-order valence-electron chi connectivity index (χ1n) is 11.9. The molecule has 9 heteroatoms. The predicted molar refractivity (Wildman–Crippen MR) is 133 cm³/mol. The summed E-state index contributed by atoms with van der Waals surface area (Å²) in [6.07, 6.45) is 3.29. The largest absolute Gasteiger partial charge is 0.462 e. The number of nitrogens with zero attached hydrogens (tertiary/aromatic N) is 3. The molecule has 8 nitrogen and oxygen atoms in total. The Hall–Kier alpha value is -3.23. The Labute approximate surface area is 209 Å². The summed E-state index contributed by atoms with van der Waals surface area (Å²) in [4.78, 5) is 31.4. The monoisotopic (exact) mass is 496 g/mol. The van der Waals surface area contributed by atoms with Crippen LogP contribution in [0.25, 0.3) is 11.4 Å². The molecule has 1 N–H and O–H groups in total. The fraction of sp³-hybridized carbons (Fsp3) is 0.385. The summed E-state index contributed by atoms with van der Waals surface area (Å²) in [5, 5.41) is 7.63. The number of aromatic nitrogens is 2. The van der Waals surface area contributed by atoms with E-state index in [0.717, 1.165) is 44.3 Å². The van der Waals surface area contributed by atoms with Gasteiger partial charge in [-0.15, -0.1) is 0 Å². The van der Waals surface area contributed by atoms with Crippen molar-refractivity contribution < 1.29 is 18.8 Å². The number of unbranched alkanes of at least 4 members (excludes halogenated alkanes) is 1. The predicted octanol–water partition coefficient (Wildman–Crippen LogP) is 5.20. The molecule has 4 rings (SSSR count). The van der Waals surface area contributed by atoms with Crippen molar-refractivity contribution in [3.63, 3.8) is 0 Å². The zero-order chi connectivity index (χ0) is 24.6. The highest BCUT2D eigenvalue weighted by molar-refractivity contribution is 6.30. The molecule has 184 valence electrons. The van der Waals surface area contributed by atoms with Gasteiger partial charge in [-0.1, -0.05) is 42.2 Å². The first kappa shape index (κ1) is 24.9. The van der Waals surface area contributed by atoms with Gasteiger partial charge in [0.05, 0.1) is 18.7 Å². The number of hydrogen-bond donors (Lipinski definition) is 1. The van der Waals surface area contributed by atoms with Gasteiger partial charge in [0.2, 0.25) is 17.6 Å². The second kappa shape index (κ2) is 12.0. The number of anilines is 1. The van der Waals surface area contributed by atoms with E-state index < -0.39 is 0 Å². The minimum Gasteiger partial charge on any atom is -0.462 e. The zero-order valence-electron chi connectivity index (χ0n) is 19.7. The first-order chi connectivity index (χ1) is 17.0. The van der Waals surface area contributed by atoms with Gasteiger partial charge >= 0.3 is 5.97 Å². The summed E-state index contributed by atoms with van der Waals surface area (Å²) in [6, 6.07) is 14.1. The van der Waals surface area contributed by atoms with Crippen molar-refractivity contribution in [2.24, 2.45) is 5.92 Å². The highest BCUT2D eigenvalue weighted by Gasteiger charge is 2.26. The van der Waals surface area contributed by atoms with Crippen molar-refractivity contribution >= 4 is 29.2 Å². The number of ether oxygens (including phenoxy) is 1. The van der Waals surface area contributed by atoms with Gasteiger partial charge in [0.25, 0.3) is 0 Å². The number of halogens is 1. The Kier molecular flexibility index (Phi) is 8.50. The van der Waals surface area contributed by atoms with E-state index >= 15 is 0 Å². The second-order valence-corrected chi connectivity index (χ2v) is 9.07. The van der Waals surface area contributed by atoms with Crippen molar-refractivity contribution in [1.82, 2.24) is 15.0 Å². The first-order valence-corrected chi connectivity index (χ1v) is 12.3. The molecule has 35 heavy (non-hydrogen) atoms. The Morgan fingerprint density at radius 1 is 1.17 bits per heavy atom. The normalized spacial score (nSPS) is 14.6. The lowest BCUT2D eigenvalue weighted by Gasteiger charge is -2.30. The fourth-order valence-electron chi connectivity index (χ4n) is 3.93. The molecule has 1 aliphatic heterocycles. The Morgan fingerprint density at radius 3 is 2.66 bits per heavy atom. The molecule has 1 fully saturated rings. The third-order valence-corrected chi connectivity index (χ3v) is 6.22. The maximum absolute atomic E-state index is 12.7. The van der Waals surface area contributed by atoms with E-state index in [-0.39, 0.29) is 17.8 Å². The number of nitrogens with one attached hydrogen (secondary N) is 1. The van der Waals surface area contributed by atoms with Crippen molar-refractivity contribution in [3.8, 4) is 11.4 Å². The number of carbonyl (C=O) groups is 2. The van der Waals surface area contributed by atoms with Gasteiger partial charge in [-0.2, -0.15) is 4.98 Å². The lowest BCUT2D eigenvalue weighted by molar-refractivity contribution is -0.121. The highest BCUT2D eigenvalue weighted by atomic mass is 35.5. The molecule has 1 saturated heterocycles. The lowest BCUT2D eigenvalue weighted by atomic mass is 9.96. The van der Waals surface area contributed by atoms with Crippen molar-refractivity contribution in [3.05, 3.63) is 65.0 Å². The number of piperidine rings is 1. The molecule has 1 amide bonds. The summed E-state index contributed by atoms with van der Waals surface area (Å²) >= 11 is 6.04. The van der Waals surface area contributed by atoms with Gasteiger partial charge < -0.3 is 14.6 Å². The molecule has 2 heterocycles. The van der Waals surface area contributed by atoms with Crippen LogP contribution < -0.4 is 5.32 Å². The maximum atomic E-state index is 12.7. The van der Waals surface area contributed by atoms with E-state index in [0.29, 0.717) is 41.1 Å². The number of rotatable bonds is 9. The number of amides is 1. The summed E-state index contributed by atoms with van der Waals surface area (Å²) in [6.45, 7) is 4.52. The molecule has 3 aromatic rings. The fourth-order valence-corrected chi connectivity index (χ4v) is 4.13. The van der Waals surface area contributed by atoms with E-state index in [1.54, 1.807) is 36.4 Å². The molecule has 0 radical (unpaired) electrons. The minimum atomic E-state index is -0.343. The molecule has 1 aliphatic rings. The van der Waals surface area contributed by atoms with Gasteiger partial charge in [0.15, 0.2) is 0 Å². The van der Waals surface area contributed by atoms with Crippen LogP contribution in [0.3, 0.4) is 0 Å². The SMILES string of the molecule is CCCCOC(=O)c1ccc(NC(=O)C2CCN(Cc3nc(-c4cccc(Cl)c4)no3)CC2)cc1. The van der Waals surface area contributed by atoms with Crippen molar-refractivity contribution in [1.29, 1.82) is 0 Å². The van der Waals surface area contributed by atoms with Crippen LogP contribution in [-0.2, 0) is 16.1 Å². The Bertz CT molecular complexity index is 1140. The van der Waals surface area contributed by atoms with Crippen LogP contribution in [-0.4, -0.2) is 46.6 Å². The van der Waals surface area contributed by atoms with Gasteiger partial charge in [0, 0.05) is 22.2 Å². The van der Waals surface area contributed by atoms with Crippen molar-refractivity contribution in [2.45, 2.75) is 39.2 Å². The van der Waals surface area contributed by atoms with E-state index in [2.05, 4.69) is 20.4 Å². The molecule has 0 atom stereocenters. The third-order valence-electron chi connectivity index (χ3n) is 5.99. The number of hydrogen-bond acceptors (Lipinski definition) is 7. The molecule has 0 unspecified atom stereocenters. The molecule has 2 aromatic carbocycles. The van der Waals surface area contributed by atoms with Crippen molar-refractivity contribution in [2.75, 3.05) is 25.0 Å². The third kappa shape index (κ3) is 6.90. The zero-order valence-corrected chi connectivity index (χ0v) is 20.5. The maximum Gasteiger partial charge on any atom is 0.338 e. The molecule has 1 aromatic heterocycles. The van der Waals surface area contributed by atoms with Crippen LogP contribution in [0.4, 0.5) is 5.69 Å². The Morgan fingerprint density at radius 2 is 1.94 bits per heavy atom.